The molecule has 0 aliphatic carbocycles. The highest BCUT2D eigenvalue weighted by Crippen LogP contribution is 2.23. The van der Waals surface area contributed by atoms with E-state index in [-0.39, 0.29) is 23.9 Å². The Balaban J connectivity index is 2.83. The van der Waals surface area contributed by atoms with Crippen LogP contribution in [-0.4, -0.2) is 60.4 Å². The zero-order valence-electron chi connectivity index (χ0n) is 13.2. The molecule has 1 aliphatic rings. The molecule has 6 N–H and O–H groups in total. The molecule has 1 heterocycles. The van der Waals surface area contributed by atoms with Crippen LogP contribution >= 0.6 is 0 Å². The van der Waals surface area contributed by atoms with Crippen molar-refractivity contribution in [2.45, 2.75) is 57.3 Å². The molecular formula is C14H27N5O3. The second-order valence-corrected chi connectivity index (χ2v) is 5.75. The number of nitrogens with one attached hydrogen (secondary N) is 2. The molecule has 1 rings (SSSR count). The van der Waals surface area contributed by atoms with E-state index in [1.165, 1.54) is 0 Å². The maximum atomic E-state index is 12.5. The van der Waals surface area contributed by atoms with Gasteiger partial charge in [0.05, 0.1) is 0 Å². The molecule has 22 heavy (non-hydrogen) atoms. The van der Waals surface area contributed by atoms with Gasteiger partial charge in [-0.2, -0.15) is 0 Å². The summed E-state index contributed by atoms with van der Waals surface area (Å²) in [6.45, 7) is 4.51. The van der Waals surface area contributed by atoms with Crippen LogP contribution in [0.4, 0.5) is 0 Å². The van der Waals surface area contributed by atoms with Gasteiger partial charge in [0, 0.05) is 12.1 Å². The first-order chi connectivity index (χ1) is 10.5. The third-order valence-electron chi connectivity index (χ3n) is 3.94. The van der Waals surface area contributed by atoms with Crippen molar-refractivity contribution in [1.29, 1.82) is 0 Å². The second kappa shape index (κ2) is 8.70. The van der Waals surface area contributed by atoms with E-state index in [1.54, 1.807) is 4.90 Å². The molecule has 0 radical (unpaired) electrons. The number of rotatable bonds is 9. The molecule has 8 heteroatoms. The maximum absolute atomic E-state index is 12.5. The lowest BCUT2D eigenvalue weighted by molar-refractivity contribution is -0.140. The monoisotopic (exact) mass is 313 g/mol. The van der Waals surface area contributed by atoms with Gasteiger partial charge in [-0.15, -0.1) is 0 Å². The number of amides is 3. The zero-order valence-corrected chi connectivity index (χ0v) is 13.2. The van der Waals surface area contributed by atoms with Gasteiger partial charge in [0.1, 0.15) is 12.1 Å². The van der Waals surface area contributed by atoms with Crippen molar-refractivity contribution >= 4 is 18.2 Å². The van der Waals surface area contributed by atoms with Crippen LogP contribution in [-0.2, 0) is 14.4 Å². The average Bonchev–Trinajstić information content (AvgIpc) is 2.72. The Kier molecular flexibility index (Phi) is 7.26. The van der Waals surface area contributed by atoms with Crippen molar-refractivity contribution in [3.8, 4) is 0 Å². The number of hydrogen-bond acceptors (Lipinski definition) is 5. The molecule has 4 atom stereocenters. The van der Waals surface area contributed by atoms with E-state index < -0.39 is 12.1 Å². The summed E-state index contributed by atoms with van der Waals surface area (Å²) in [7, 11) is 0. The number of carbonyl (C=O) groups is 3. The van der Waals surface area contributed by atoms with Crippen molar-refractivity contribution in [2.75, 3.05) is 13.1 Å². The molecule has 1 fully saturated rings. The minimum absolute atomic E-state index is 0.0605. The van der Waals surface area contributed by atoms with Gasteiger partial charge in [0.15, 0.2) is 0 Å². The fourth-order valence-electron chi connectivity index (χ4n) is 2.85. The summed E-state index contributed by atoms with van der Waals surface area (Å²) in [5.74, 6) is -0.460. The first-order valence-electron chi connectivity index (χ1n) is 7.68. The van der Waals surface area contributed by atoms with Crippen molar-refractivity contribution in [1.82, 2.24) is 15.5 Å². The third-order valence-corrected chi connectivity index (χ3v) is 3.94. The predicted molar refractivity (Wildman–Crippen MR) is 82.6 cm³/mol. The van der Waals surface area contributed by atoms with Crippen molar-refractivity contribution < 1.29 is 14.4 Å². The SMILES string of the molecule is CC(CCN)NC(=O)C(CCN)N1C(=O)C(NC=O)CC1C. The molecule has 0 aromatic rings. The fourth-order valence-corrected chi connectivity index (χ4v) is 2.85. The lowest BCUT2D eigenvalue weighted by Gasteiger charge is -2.31. The van der Waals surface area contributed by atoms with E-state index in [9.17, 15) is 14.4 Å². The second-order valence-electron chi connectivity index (χ2n) is 5.75. The average molecular weight is 313 g/mol. The topological polar surface area (TPSA) is 131 Å². The molecular weight excluding hydrogens is 286 g/mol. The normalized spacial score (nSPS) is 24.0. The summed E-state index contributed by atoms with van der Waals surface area (Å²) in [5.41, 5.74) is 11.1. The van der Waals surface area contributed by atoms with E-state index in [0.717, 1.165) is 0 Å². The van der Waals surface area contributed by atoms with Crippen LogP contribution in [0.15, 0.2) is 0 Å². The highest BCUT2D eigenvalue weighted by atomic mass is 16.2. The summed E-state index contributed by atoms with van der Waals surface area (Å²) < 4.78 is 0. The number of nitrogens with zero attached hydrogens (tertiary/aromatic N) is 1. The predicted octanol–water partition coefficient (Wildman–Crippen LogP) is -1.71. The van der Waals surface area contributed by atoms with Crippen molar-refractivity contribution in [3.05, 3.63) is 0 Å². The Bertz CT molecular complexity index is 404. The summed E-state index contributed by atoms with van der Waals surface area (Å²) in [4.78, 5) is 37.0. The molecule has 8 nitrogen and oxygen atoms in total. The number of nitrogens with two attached hydrogens (primary N) is 2. The van der Waals surface area contributed by atoms with Crippen LogP contribution in [0.5, 0.6) is 0 Å². The van der Waals surface area contributed by atoms with E-state index in [1.807, 2.05) is 13.8 Å². The highest BCUT2D eigenvalue weighted by molar-refractivity contribution is 5.92. The van der Waals surface area contributed by atoms with E-state index in [2.05, 4.69) is 10.6 Å². The van der Waals surface area contributed by atoms with Gasteiger partial charge in [-0.25, -0.2) is 0 Å². The largest absolute Gasteiger partial charge is 0.352 e. The van der Waals surface area contributed by atoms with Gasteiger partial charge >= 0.3 is 0 Å². The summed E-state index contributed by atoms with van der Waals surface area (Å²) >= 11 is 0. The lowest BCUT2D eigenvalue weighted by atomic mass is 10.1. The molecule has 0 bridgehead atoms. The van der Waals surface area contributed by atoms with Gasteiger partial charge < -0.3 is 27.0 Å². The molecule has 1 saturated heterocycles. The maximum Gasteiger partial charge on any atom is 0.246 e. The molecule has 0 aromatic heterocycles. The van der Waals surface area contributed by atoms with Crippen LogP contribution in [0.3, 0.4) is 0 Å². The molecule has 1 aliphatic heterocycles. The summed E-state index contributed by atoms with van der Waals surface area (Å²) in [6.07, 6.45) is 2.05. The molecule has 3 amide bonds. The first-order valence-corrected chi connectivity index (χ1v) is 7.68. The van der Waals surface area contributed by atoms with Crippen molar-refractivity contribution in [2.24, 2.45) is 11.5 Å². The third kappa shape index (κ3) is 4.41. The van der Waals surface area contributed by atoms with Gasteiger partial charge in [-0.05, 0) is 46.2 Å². The lowest BCUT2D eigenvalue weighted by Crippen LogP contribution is -2.53. The molecule has 126 valence electrons. The zero-order chi connectivity index (χ0) is 16.7. The fraction of sp³-hybridized carbons (Fsp3) is 0.786. The van der Waals surface area contributed by atoms with Gasteiger partial charge in [-0.3, -0.25) is 14.4 Å². The van der Waals surface area contributed by atoms with Crippen molar-refractivity contribution in [3.63, 3.8) is 0 Å². The minimum Gasteiger partial charge on any atom is -0.352 e. The number of likely N-dealkylation sites (tertiary alicyclic amines) is 1. The molecule has 4 unspecified atom stereocenters. The van der Waals surface area contributed by atoms with Crippen LogP contribution in [0, 0.1) is 0 Å². The summed E-state index contributed by atoms with van der Waals surface area (Å²) in [5, 5.41) is 5.37. The van der Waals surface area contributed by atoms with Crippen LogP contribution in [0.2, 0.25) is 0 Å². The molecule has 0 spiro atoms. The van der Waals surface area contributed by atoms with Gasteiger partial charge in [0.25, 0.3) is 0 Å². The quantitative estimate of drug-likeness (QED) is 0.377. The van der Waals surface area contributed by atoms with E-state index in [4.69, 9.17) is 11.5 Å². The highest BCUT2D eigenvalue weighted by Gasteiger charge is 2.42. The summed E-state index contributed by atoms with van der Waals surface area (Å²) in [6, 6.07) is -1.38. The van der Waals surface area contributed by atoms with Crippen LogP contribution < -0.4 is 22.1 Å². The Labute approximate surface area is 131 Å². The van der Waals surface area contributed by atoms with Gasteiger partial charge in [0.2, 0.25) is 18.2 Å². The minimum atomic E-state index is -0.619. The Morgan fingerprint density at radius 1 is 1.41 bits per heavy atom. The number of hydrogen-bond donors (Lipinski definition) is 4. The van der Waals surface area contributed by atoms with Crippen LogP contribution in [0.1, 0.15) is 33.1 Å². The smallest absolute Gasteiger partial charge is 0.246 e. The Hall–Kier alpha value is -1.67. The van der Waals surface area contributed by atoms with E-state index in [0.29, 0.717) is 38.8 Å². The van der Waals surface area contributed by atoms with E-state index >= 15 is 0 Å². The Morgan fingerprint density at radius 2 is 2.05 bits per heavy atom. The molecule has 0 aromatic carbocycles. The van der Waals surface area contributed by atoms with Gasteiger partial charge in [-0.1, -0.05) is 0 Å². The first kappa shape index (κ1) is 18.4. The standard InChI is InChI=1S/C14H27N5O3/c1-9(3-5-15)18-13(21)12(4-6-16)19-10(2)7-11(14(19)22)17-8-20/h8-12H,3-7,15-16H2,1-2H3,(H,17,20)(H,18,21). The number of carbonyl (C=O) groups excluding carboxylic acids is 3. The Morgan fingerprint density at radius 3 is 2.59 bits per heavy atom. The van der Waals surface area contributed by atoms with Crippen LogP contribution in [0.25, 0.3) is 0 Å². The molecule has 0 saturated carbocycles.